The summed E-state index contributed by atoms with van der Waals surface area (Å²) in [5, 5.41) is -0.266. The lowest BCUT2D eigenvalue weighted by Crippen LogP contribution is -2.14. The van der Waals surface area contributed by atoms with Crippen LogP contribution in [0.2, 0.25) is 0 Å². The van der Waals surface area contributed by atoms with Gasteiger partial charge in [0.15, 0.2) is 11.6 Å². The molecule has 0 amide bonds. The van der Waals surface area contributed by atoms with Crippen LogP contribution in [0.1, 0.15) is 11.6 Å². The number of aromatic nitrogens is 1. The van der Waals surface area contributed by atoms with Crippen molar-refractivity contribution in [1.82, 2.24) is 4.98 Å². The Hall–Kier alpha value is -0.950. The molecule has 0 spiro atoms. The van der Waals surface area contributed by atoms with Crippen LogP contribution in [0.4, 0.5) is 0 Å². The third-order valence-corrected chi connectivity index (χ3v) is 2.42. The highest BCUT2D eigenvalue weighted by Gasteiger charge is 2.22. The molecule has 1 aromatic rings. The molecule has 1 aromatic heterocycles. The van der Waals surface area contributed by atoms with Crippen LogP contribution in [0.3, 0.4) is 0 Å². The van der Waals surface area contributed by atoms with Gasteiger partial charge in [0.25, 0.3) is 0 Å². The van der Waals surface area contributed by atoms with Crippen molar-refractivity contribution < 1.29 is 12.8 Å². The molecule has 0 aliphatic heterocycles. The van der Waals surface area contributed by atoms with E-state index in [0.29, 0.717) is 0 Å². The van der Waals surface area contributed by atoms with Gasteiger partial charge in [-0.25, -0.2) is 13.4 Å². The van der Waals surface area contributed by atoms with Crippen molar-refractivity contribution in [2.45, 2.75) is 12.0 Å². The molecule has 7 heteroatoms. The van der Waals surface area contributed by atoms with Gasteiger partial charge in [0.05, 0.1) is 0 Å². The van der Waals surface area contributed by atoms with Gasteiger partial charge in [-0.1, -0.05) is 12.2 Å². The van der Waals surface area contributed by atoms with E-state index in [9.17, 15) is 8.42 Å². The van der Waals surface area contributed by atoms with E-state index in [1.807, 2.05) is 0 Å². The van der Waals surface area contributed by atoms with Gasteiger partial charge in [-0.05, 0) is 0 Å². The zero-order chi connectivity index (χ0) is 10.2. The van der Waals surface area contributed by atoms with Crippen LogP contribution in [0.5, 0.6) is 0 Å². The zero-order valence-electron chi connectivity index (χ0n) is 7.07. The quantitative estimate of drug-likeness (QED) is 0.707. The van der Waals surface area contributed by atoms with Crippen LogP contribution in [-0.4, -0.2) is 24.6 Å². The summed E-state index contributed by atoms with van der Waals surface area (Å²) in [6.45, 7) is 1.52. The largest absolute Gasteiger partial charge is 0.429 e. The number of thiocarbonyl (C=S) groups is 1. The first-order chi connectivity index (χ1) is 5.82. The number of sulfone groups is 1. The second-order valence-corrected chi connectivity index (χ2v) is 4.86. The Morgan fingerprint density at radius 1 is 1.62 bits per heavy atom. The number of hydrogen-bond donors (Lipinski definition) is 1. The summed E-state index contributed by atoms with van der Waals surface area (Å²) in [6, 6.07) is 0. The van der Waals surface area contributed by atoms with Gasteiger partial charge < -0.3 is 10.2 Å². The molecule has 0 fully saturated rings. The Balaban J connectivity index is 3.46. The highest BCUT2D eigenvalue weighted by Crippen LogP contribution is 2.16. The van der Waals surface area contributed by atoms with E-state index in [1.54, 1.807) is 0 Å². The van der Waals surface area contributed by atoms with Crippen LogP contribution in [-0.2, 0) is 9.84 Å². The van der Waals surface area contributed by atoms with Crippen molar-refractivity contribution in [3.05, 3.63) is 11.6 Å². The average molecular weight is 220 g/mol. The summed E-state index contributed by atoms with van der Waals surface area (Å²) >= 11 is 4.62. The molecular formula is C6H8N2O3S2. The van der Waals surface area contributed by atoms with Crippen molar-refractivity contribution in [3.63, 3.8) is 0 Å². The van der Waals surface area contributed by atoms with Crippen molar-refractivity contribution in [3.8, 4) is 0 Å². The normalized spacial score (nSPS) is 11.5. The zero-order valence-corrected chi connectivity index (χ0v) is 8.70. The second-order valence-electron chi connectivity index (χ2n) is 2.51. The molecule has 0 saturated heterocycles. The lowest BCUT2D eigenvalue weighted by Gasteiger charge is -1.94. The van der Waals surface area contributed by atoms with E-state index < -0.39 is 9.84 Å². The van der Waals surface area contributed by atoms with Crippen LogP contribution in [0.15, 0.2) is 9.51 Å². The number of nitrogens with two attached hydrogens (primary N) is 1. The molecule has 0 aromatic carbocycles. The molecular weight excluding hydrogens is 212 g/mol. The first-order valence-corrected chi connectivity index (χ1v) is 5.59. The van der Waals surface area contributed by atoms with Gasteiger partial charge in [-0.2, -0.15) is 0 Å². The smallest absolute Gasteiger partial charge is 0.248 e. The Bertz CT molecular complexity index is 446. The number of rotatable bonds is 2. The number of oxazole rings is 1. The fourth-order valence-corrected chi connectivity index (χ4v) is 1.80. The van der Waals surface area contributed by atoms with Crippen molar-refractivity contribution in [1.29, 1.82) is 0 Å². The topological polar surface area (TPSA) is 86.2 Å². The second kappa shape index (κ2) is 3.08. The molecule has 0 unspecified atom stereocenters. The molecule has 5 nitrogen and oxygen atoms in total. The standard InChI is InChI=1S/C6H8N2O3S2/c1-3-8-4(5(7)12)6(11-3)13(2,9)10/h1-2H3,(H2,7,12). The van der Waals surface area contributed by atoms with Crippen LogP contribution in [0, 0.1) is 6.92 Å². The molecule has 13 heavy (non-hydrogen) atoms. The number of nitrogens with zero attached hydrogens (tertiary/aromatic N) is 1. The van der Waals surface area contributed by atoms with E-state index in [0.717, 1.165) is 6.26 Å². The Labute approximate surface area is 80.9 Å². The fraction of sp³-hybridized carbons (Fsp3) is 0.333. The summed E-state index contributed by atoms with van der Waals surface area (Å²) in [4.78, 5) is 3.68. The molecule has 0 atom stereocenters. The van der Waals surface area contributed by atoms with Crippen molar-refractivity contribution >= 4 is 27.0 Å². The van der Waals surface area contributed by atoms with Gasteiger partial charge in [-0.15, -0.1) is 0 Å². The van der Waals surface area contributed by atoms with Crippen LogP contribution in [0.25, 0.3) is 0 Å². The molecule has 0 aliphatic carbocycles. The Morgan fingerprint density at radius 3 is 2.46 bits per heavy atom. The Kier molecular flexibility index (Phi) is 2.40. The van der Waals surface area contributed by atoms with Crippen LogP contribution >= 0.6 is 12.2 Å². The minimum atomic E-state index is -3.45. The summed E-state index contributed by atoms with van der Waals surface area (Å²) in [6.07, 6.45) is 1.01. The van der Waals surface area contributed by atoms with Crippen molar-refractivity contribution in [2.24, 2.45) is 5.73 Å². The summed E-state index contributed by atoms with van der Waals surface area (Å²) in [7, 11) is -3.45. The molecule has 1 heterocycles. The highest BCUT2D eigenvalue weighted by atomic mass is 32.2. The maximum absolute atomic E-state index is 11.1. The Morgan fingerprint density at radius 2 is 2.15 bits per heavy atom. The summed E-state index contributed by atoms with van der Waals surface area (Å²) in [5.74, 6) is 0.225. The van der Waals surface area contributed by atoms with Gasteiger partial charge in [-0.3, -0.25) is 0 Å². The van der Waals surface area contributed by atoms with E-state index in [4.69, 9.17) is 10.2 Å². The predicted molar refractivity (Wildman–Crippen MR) is 50.2 cm³/mol. The van der Waals surface area contributed by atoms with Gasteiger partial charge in [0, 0.05) is 13.2 Å². The molecule has 0 aliphatic rings. The lowest BCUT2D eigenvalue weighted by atomic mass is 10.5. The SMILES string of the molecule is Cc1nc(C(N)=S)c(S(C)(=O)=O)o1. The van der Waals surface area contributed by atoms with Gasteiger partial charge >= 0.3 is 0 Å². The maximum atomic E-state index is 11.1. The summed E-state index contributed by atoms with van der Waals surface area (Å²) < 4.78 is 27.1. The number of hydrogen-bond acceptors (Lipinski definition) is 5. The maximum Gasteiger partial charge on any atom is 0.248 e. The summed E-state index contributed by atoms with van der Waals surface area (Å²) in [5.41, 5.74) is 5.29. The molecule has 0 radical (unpaired) electrons. The van der Waals surface area contributed by atoms with Gasteiger partial charge in [0.1, 0.15) is 4.99 Å². The molecule has 1 rings (SSSR count). The lowest BCUT2D eigenvalue weighted by molar-refractivity contribution is 0.424. The molecule has 0 bridgehead atoms. The van der Waals surface area contributed by atoms with Crippen molar-refractivity contribution in [2.75, 3.05) is 6.26 Å². The van der Waals surface area contributed by atoms with E-state index in [1.165, 1.54) is 6.92 Å². The first kappa shape index (κ1) is 10.1. The minimum Gasteiger partial charge on any atom is -0.429 e. The monoisotopic (exact) mass is 220 g/mol. The number of aryl methyl sites for hydroxylation is 1. The van der Waals surface area contributed by atoms with E-state index in [-0.39, 0.29) is 21.7 Å². The predicted octanol–water partition coefficient (Wildman–Crippen LogP) is 0.0207. The molecule has 0 saturated carbocycles. The average Bonchev–Trinajstić information content (AvgIpc) is 2.29. The van der Waals surface area contributed by atoms with Gasteiger partial charge in [0.2, 0.25) is 14.9 Å². The molecule has 72 valence electrons. The molecule has 2 N–H and O–H groups in total. The first-order valence-electron chi connectivity index (χ1n) is 3.29. The minimum absolute atomic E-state index is 0.0231. The third kappa shape index (κ3) is 2.04. The third-order valence-electron chi connectivity index (χ3n) is 1.27. The fourth-order valence-electron chi connectivity index (χ4n) is 0.815. The van der Waals surface area contributed by atoms with E-state index >= 15 is 0 Å². The van der Waals surface area contributed by atoms with E-state index in [2.05, 4.69) is 17.2 Å². The highest BCUT2D eigenvalue weighted by molar-refractivity contribution is 7.90. The van der Waals surface area contributed by atoms with Crippen LogP contribution < -0.4 is 5.73 Å².